The standard InChI is InChI=1S/C21H18Cl2N2O6S2/c1-31-21(26)15-4-2-14(3-5-15)13-32(27,28)24-17-7-9-18(10-8-17)33(29,30)25-20-11-6-16(22)12-19(20)23/h2-12,24-25H,13H2,1H3. The van der Waals surface area contributed by atoms with E-state index in [9.17, 15) is 21.6 Å². The van der Waals surface area contributed by atoms with Crippen molar-refractivity contribution in [3.05, 3.63) is 87.9 Å². The van der Waals surface area contributed by atoms with Crippen molar-refractivity contribution >= 4 is 60.6 Å². The van der Waals surface area contributed by atoms with Gasteiger partial charge >= 0.3 is 5.97 Å². The van der Waals surface area contributed by atoms with E-state index >= 15 is 0 Å². The molecule has 0 aliphatic heterocycles. The van der Waals surface area contributed by atoms with Crippen molar-refractivity contribution in [1.29, 1.82) is 0 Å². The Kier molecular flexibility index (Phi) is 7.53. The summed E-state index contributed by atoms with van der Waals surface area (Å²) in [5.41, 5.74) is 1.10. The summed E-state index contributed by atoms with van der Waals surface area (Å²) in [7, 11) is -6.50. The largest absolute Gasteiger partial charge is 0.465 e. The molecule has 0 spiro atoms. The van der Waals surface area contributed by atoms with Gasteiger partial charge in [-0.2, -0.15) is 0 Å². The number of benzene rings is 3. The fourth-order valence-electron chi connectivity index (χ4n) is 2.77. The van der Waals surface area contributed by atoms with Crippen LogP contribution in [0.2, 0.25) is 10.0 Å². The van der Waals surface area contributed by atoms with Crippen molar-refractivity contribution in [2.75, 3.05) is 16.6 Å². The zero-order valence-electron chi connectivity index (χ0n) is 17.1. The van der Waals surface area contributed by atoms with Crippen LogP contribution in [-0.2, 0) is 30.5 Å². The summed E-state index contributed by atoms with van der Waals surface area (Å²) in [6, 6.07) is 15.5. The molecule has 2 N–H and O–H groups in total. The molecule has 0 atom stereocenters. The molecule has 0 saturated carbocycles. The van der Waals surface area contributed by atoms with E-state index in [1.54, 1.807) is 0 Å². The highest BCUT2D eigenvalue weighted by Gasteiger charge is 2.17. The lowest BCUT2D eigenvalue weighted by Crippen LogP contribution is -2.16. The molecule has 0 aliphatic rings. The molecule has 33 heavy (non-hydrogen) atoms. The van der Waals surface area contributed by atoms with Crippen LogP contribution < -0.4 is 9.44 Å². The number of rotatable bonds is 8. The number of carbonyl (C=O) groups excluding carboxylic acids is 1. The molecular formula is C21H18Cl2N2O6S2. The number of halogens is 2. The Labute approximate surface area is 201 Å². The number of esters is 1. The molecule has 3 aromatic rings. The molecule has 0 unspecified atom stereocenters. The van der Waals surface area contributed by atoms with E-state index in [-0.39, 0.29) is 27.0 Å². The highest BCUT2D eigenvalue weighted by Crippen LogP contribution is 2.28. The van der Waals surface area contributed by atoms with Crippen LogP contribution in [0.25, 0.3) is 0 Å². The predicted molar refractivity (Wildman–Crippen MR) is 128 cm³/mol. The topological polar surface area (TPSA) is 119 Å². The predicted octanol–water partition coefficient (Wildman–Crippen LogP) is 4.52. The number of sulfonamides is 2. The Hall–Kier alpha value is -2.79. The van der Waals surface area contributed by atoms with Crippen LogP contribution >= 0.6 is 23.2 Å². The van der Waals surface area contributed by atoms with Crippen LogP contribution in [0.4, 0.5) is 11.4 Å². The summed E-state index contributed by atoms with van der Waals surface area (Å²) in [4.78, 5) is 11.4. The number of methoxy groups -OCH3 is 1. The summed E-state index contributed by atoms with van der Waals surface area (Å²) in [5.74, 6) is -0.865. The third kappa shape index (κ3) is 6.61. The van der Waals surface area contributed by atoms with E-state index < -0.39 is 26.0 Å². The first kappa shape index (κ1) is 24.8. The van der Waals surface area contributed by atoms with Crippen molar-refractivity contribution in [2.24, 2.45) is 0 Å². The van der Waals surface area contributed by atoms with Crippen molar-refractivity contribution in [3.8, 4) is 0 Å². The van der Waals surface area contributed by atoms with E-state index in [2.05, 4.69) is 14.2 Å². The SMILES string of the molecule is COC(=O)c1ccc(CS(=O)(=O)Nc2ccc(S(=O)(=O)Nc3ccc(Cl)cc3Cl)cc2)cc1. The zero-order chi connectivity index (χ0) is 24.2. The second-order valence-corrected chi connectivity index (χ2v) is 11.1. The zero-order valence-corrected chi connectivity index (χ0v) is 20.2. The second-order valence-electron chi connectivity index (χ2n) is 6.80. The van der Waals surface area contributed by atoms with E-state index in [4.69, 9.17) is 23.2 Å². The van der Waals surface area contributed by atoms with Gasteiger partial charge in [0.2, 0.25) is 10.0 Å². The van der Waals surface area contributed by atoms with Gasteiger partial charge in [-0.15, -0.1) is 0 Å². The molecule has 12 heteroatoms. The molecule has 0 amide bonds. The van der Waals surface area contributed by atoms with Gasteiger partial charge in [-0.25, -0.2) is 21.6 Å². The smallest absolute Gasteiger partial charge is 0.337 e. The molecule has 0 radical (unpaired) electrons. The van der Waals surface area contributed by atoms with Crippen LogP contribution in [0, 0.1) is 0 Å². The minimum atomic E-state index is -3.96. The van der Waals surface area contributed by atoms with Gasteiger partial charge in [0.1, 0.15) is 0 Å². The van der Waals surface area contributed by atoms with Gasteiger partial charge in [0, 0.05) is 10.7 Å². The molecule has 3 aromatic carbocycles. The average Bonchev–Trinajstić information content (AvgIpc) is 2.75. The molecule has 0 aromatic heterocycles. The fraction of sp³-hybridized carbons (Fsp3) is 0.0952. The molecule has 8 nitrogen and oxygen atoms in total. The second kappa shape index (κ2) is 10.0. The molecule has 0 fully saturated rings. The Morgan fingerprint density at radius 2 is 1.52 bits per heavy atom. The number of ether oxygens (including phenoxy) is 1. The average molecular weight is 529 g/mol. The van der Waals surface area contributed by atoms with Gasteiger partial charge in [0.25, 0.3) is 10.0 Å². The minimum absolute atomic E-state index is 0.0881. The van der Waals surface area contributed by atoms with Crippen molar-refractivity contribution in [2.45, 2.75) is 10.6 Å². The maximum Gasteiger partial charge on any atom is 0.337 e. The first-order valence-electron chi connectivity index (χ1n) is 9.25. The van der Waals surface area contributed by atoms with Crippen molar-refractivity contribution < 1.29 is 26.4 Å². The summed E-state index contributed by atoms with van der Waals surface area (Å²) >= 11 is 11.8. The number of hydrogen-bond donors (Lipinski definition) is 2. The Bertz CT molecular complexity index is 1380. The molecule has 0 heterocycles. The third-order valence-corrected chi connectivity index (χ3v) is 7.53. The van der Waals surface area contributed by atoms with Gasteiger partial charge in [0.15, 0.2) is 0 Å². The Morgan fingerprint density at radius 1 is 0.879 bits per heavy atom. The fourth-order valence-corrected chi connectivity index (χ4v) is 5.56. The van der Waals surface area contributed by atoms with E-state index in [1.807, 2.05) is 0 Å². The van der Waals surface area contributed by atoms with Gasteiger partial charge in [-0.05, 0) is 60.2 Å². The van der Waals surface area contributed by atoms with E-state index in [0.29, 0.717) is 16.1 Å². The van der Waals surface area contributed by atoms with E-state index in [0.717, 1.165) is 0 Å². The summed E-state index contributed by atoms with van der Waals surface area (Å²) in [6.07, 6.45) is 0. The summed E-state index contributed by atoms with van der Waals surface area (Å²) in [6.45, 7) is 0. The lowest BCUT2D eigenvalue weighted by atomic mass is 10.1. The first-order valence-corrected chi connectivity index (χ1v) is 13.1. The lowest BCUT2D eigenvalue weighted by Gasteiger charge is -2.12. The third-order valence-electron chi connectivity index (χ3n) is 4.35. The maximum atomic E-state index is 12.6. The maximum absolute atomic E-state index is 12.6. The van der Waals surface area contributed by atoms with Crippen LogP contribution in [0.5, 0.6) is 0 Å². The van der Waals surface area contributed by atoms with E-state index in [1.165, 1.54) is 73.8 Å². The monoisotopic (exact) mass is 528 g/mol. The molecular weight excluding hydrogens is 511 g/mol. The highest BCUT2D eigenvalue weighted by molar-refractivity contribution is 7.92. The van der Waals surface area contributed by atoms with Gasteiger partial charge in [-0.1, -0.05) is 35.3 Å². The summed E-state index contributed by atoms with van der Waals surface area (Å²) < 4.78 is 59.5. The van der Waals surface area contributed by atoms with Crippen LogP contribution in [0.3, 0.4) is 0 Å². The van der Waals surface area contributed by atoms with Crippen molar-refractivity contribution in [3.63, 3.8) is 0 Å². The molecule has 174 valence electrons. The molecule has 3 rings (SSSR count). The number of nitrogens with one attached hydrogen (secondary N) is 2. The quantitative estimate of drug-likeness (QED) is 0.414. The first-order chi connectivity index (χ1) is 15.5. The van der Waals surface area contributed by atoms with Gasteiger partial charge in [0.05, 0.1) is 34.0 Å². The molecule has 0 aliphatic carbocycles. The van der Waals surface area contributed by atoms with Crippen molar-refractivity contribution in [1.82, 2.24) is 0 Å². The molecule has 0 bridgehead atoms. The Morgan fingerprint density at radius 3 is 2.09 bits per heavy atom. The van der Waals surface area contributed by atoms with Gasteiger partial charge in [-0.3, -0.25) is 9.44 Å². The normalized spacial score (nSPS) is 11.6. The lowest BCUT2D eigenvalue weighted by molar-refractivity contribution is 0.0600. The Balaban J connectivity index is 1.69. The minimum Gasteiger partial charge on any atom is -0.465 e. The summed E-state index contributed by atoms with van der Waals surface area (Å²) in [5, 5.41) is 0.495. The number of hydrogen-bond acceptors (Lipinski definition) is 6. The number of carbonyl (C=O) groups is 1. The van der Waals surface area contributed by atoms with Crippen LogP contribution in [0.15, 0.2) is 71.6 Å². The molecule has 0 saturated heterocycles. The number of anilines is 2. The highest BCUT2D eigenvalue weighted by atomic mass is 35.5. The van der Waals surface area contributed by atoms with Crippen LogP contribution in [0.1, 0.15) is 15.9 Å². The van der Waals surface area contributed by atoms with Crippen LogP contribution in [-0.4, -0.2) is 29.9 Å². The van der Waals surface area contributed by atoms with Gasteiger partial charge < -0.3 is 4.74 Å².